The van der Waals surface area contributed by atoms with E-state index in [4.69, 9.17) is 9.21 Å². The fourth-order valence-electron chi connectivity index (χ4n) is 2.07. The first kappa shape index (κ1) is 13.4. The van der Waals surface area contributed by atoms with E-state index in [-0.39, 0.29) is 0 Å². The molecule has 0 spiro atoms. The van der Waals surface area contributed by atoms with E-state index in [0.29, 0.717) is 6.41 Å². The van der Waals surface area contributed by atoms with Crippen LogP contribution in [0.4, 0.5) is 5.69 Å². The Labute approximate surface area is 112 Å². The van der Waals surface area contributed by atoms with Crippen LogP contribution in [0.1, 0.15) is 0 Å². The van der Waals surface area contributed by atoms with Crippen LogP contribution in [0, 0.1) is 0 Å². The van der Waals surface area contributed by atoms with E-state index in [1.807, 2.05) is 12.1 Å². The molecule has 5 nitrogen and oxygen atoms in total. The lowest BCUT2D eigenvalue weighted by Crippen LogP contribution is -2.43. The van der Waals surface area contributed by atoms with Crippen molar-refractivity contribution < 1.29 is 9.21 Å². The highest BCUT2D eigenvalue weighted by Gasteiger charge is 2.10. The van der Waals surface area contributed by atoms with Crippen LogP contribution in [-0.2, 0) is 4.79 Å². The maximum absolute atomic E-state index is 9.06. The Bertz CT molecular complexity index is 518. The van der Waals surface area contributed by atoms with Crippen molar-refractivity contribution in [3.8, 4) is 0 Å². The fraction of sp³-hybridized carbons (Fsp3) is 0.357. The van der Waals surface area contributed by atoms with E-state index >= 15 is 0 Å². The second kappa shape index (κ2) is 6.80. The molecule has 1 fully saturated rings. The van der Waals surface area contributed by atoms with Crippen molar-refractivity contribution in [2.75, 3.05) is 38.1 Å². The quantitative estimate of drug-likeness (QED) is 0.798. The van der Waals surface area contributed by atoms with E-state index in [1.165, 1.54) is 11.1 Å². The highest BCUT2D eigenvalue weighted by molar-refractivity contribution is 5.81. The van der Waals surface area contributed by atoms with Gasteiger partial charge in [0.2, 0.25) is 6.41 Å². The predicted molar refractivity (Wildman–Crippen MR) is 76.4 cm³/mol. The van der Waals surface area contributed by atoms with Crippen LogP contribution in [-0.4, -0.2) is 39.6 Å². The summed E-state index contributed by atoms with van der Waals surface area (Å²) < 4.78 is 5.33. The summed E-state index contributed by atoms with van der Waals surface area (Å²) >= 11 is 0. The molecule has 2 heterocycles. The average molecular weight is 261 g/mol. The molecule has 1 aromatic heterocycles. The molecule has 1 amide bonds. The summed E-state index contributed by atoms with van der Waals surface area (Å²) in [6, 6.07) is 8.40. The molecule has 1 aliphatic rings. The van der Waals surface area contributed by atoms with Gasteiger partial charge in [-0.25, -0.2) is 0 Å². The van der Waals surface area contributed by atoms with Crippen molar-refractivity contribution in [3.63, 3.8) is 0 Å². The number of nitrogens with zero attached hydrogens (tertiary/aromatic N) is 1. The van der Waals surface area contributed by atoms with Gasteiger partial charge < -0.3 is 20.0 Å². The first-order valence-electron chi connectivity index (χ1n) is 6.39. The lowest BCUT2D eigenvalue weighted by molar-refractivity contribution is -0.109. The van der Waals surface area contributed by atoms with E-state index in [2.05, 4.69) is 27.7 Å². The number of hydrogen-bond donors (Lipinski definition) is 2. The average Bonchev–Trinajstić information content (AvgIpc) is 2.96. The summed E-state index contributed by atoms with van der Waals surface area (Å²) in [4.78, 5) is 11.5. The number of carbonyl (C=O) groups is 1. The first-order valence-corrected chi connectivity index (χ1v) is 6.39. The van der Waals surface area contributed by atoms with Crippen molar-refractivity contribution in [3.05, 3.63) is 30.5 Å². The molecular formula is C14H19N3O2. The largest absolute Gasteiger partial charge is 0.464 e. The van der Waals surface area contributed by atoms with Crippen LogP contribution in [0.3, 0.4) is 0 Å². The van der Waals surface area contributed by atoms with Gasteiger partial charge in [-0.05, 0) is 24.3 Å². The van der Waals surface area contributed by atoms with Crippen molar-refractivity contribution in [1.29, 1.82) is 0 Å². The van der Waals surface area contributed by atoms with Crippen LogP contribution < -0.4 is 15.5 Å². The smallest absolute Gasteiger partial charge is 0.206 e. The zero-order chi connectivity index (χ0) is 13.5. The van der Waals surface area contributed by atoms with E-state index < -0.39 is 0 Å². The van der Waals surface area contributed by atoms with Gasteiger partial charge in [-0.2, -0.15) is 0 Å². The number of amides is 1. The van der Waals surface area contributed by atoms with E-state index in [9.17, 15) is 0 Å². The van der Waals surface area contributed by atoms with Gasteiger partial charge in [0.15, 0.2) is 0 Å². The van der Waals surface area contributed by atoms with Crippen molar-refractivity contribution >= 4 is 23.1 Å². The van der Waals surface area contributed by atoms with Crippen LogP contribution >= 0.6 is 0 Å². The number of piperazine rings is 1. The summed E-state index contributed by atoms with van der Waals surface area (Å²) in [5, 5.41) is 6.79. The molecule has 0 aliphatic carbocycles. The maximum Gasteiger partial charge on any atom is 0.206 e. The third-order valence-electron chi connectivity index (χ3n) is 3.04. The Morgan fingerprint density at radius 2 is 2.05 bits per heavy atom. The third kappa shape index (κ3) is 3.48. The third-order valence-corrected chi connectivity index (χ3v) is 3.04. The number of carbonyl (C=O) groups excluding carboxylic acids is 1. The molecule has 102 valence electrons. The minimum atomic E-state index is 0.625. The second-order valence-electron chi connectivity index (χ2n) is 4.29. The summed E-state index contributed by atoms with van der Waals surface area (Å²) in [6.45, 7) is 4.32. The number of fused-ring (bicyclic) bond motifs is 1. The maximum atomic E-state index is 9.06. The molecule has 2 N–H and O–H groups in total. The molecular weight excluding hydrogens is 242 g/mol. The second-order valence-corrected chi connectivity index (χ2v) is 4.29. The van der Waals surface area contributed by atoms with Crippen molar-refractivity contribution in [1.82, 2.24) is 10.6 Å². The topological polar surface area (TPSA) is 57.5 Å². The highest BCUT2D eigenvalue weighted by atomic mass is 16.3. The van der Waals surface area contributed by atoms with Crippen molar-refractivity contribution in [2.24, 2.45) is 0 Å². The molecule has 1 saturated heterocycles. The van der Waals surface area contributed by atoms with Crippen LogP contribution in [0.25, 0.3) is 11.0 Å². The zero-order valence-electron chi connectivity index (χ0n) is 11.1. The molecule has 1 aliphatic heterocycles. The van der Waals surface area contributed by atoms with Gasteiger partial charge in [-0.15, -0.1) is 0 Å². The fourth-order valence-corrected chi connectivity index (χ4v) is 2.07. The molecule has 0 bridgehead atoms. The highest BCUT2D eigenvalue weighted by Crippen LogP contribution is 2.23. The standard InChI is InChI=1S/C12H14N2O.C2H5NO/c1-2-12-10(3-8-15-12)9-11(1)14-6-4-13-5-7-14;1-3-2-4/h1-3,8-9,13H,4-7H2;2H,1H3,(H,3,4). The van der Waals surface area contributed by atoms with Crippen molar-refractivity contribution in [2.45, 2.75) is 0 Å². The summed E-state index contributed by atoms with van der Waals surface area (Å²) in [6.07, 6.45) is 2.37. The molecule has 0 radical (unpaired) electrons. The molecule has 0 unspecified atom stereocenters. The first-order chi connectivity index (χ1) is 9.35. The molecule has 5 heteroatoms. The monoisotopic (exact) mass is 261 g/mol. The molecule has 0 atom stereocenters. The Balaban J connectivity index is 0.000000297. The van der Waals surface area contributed by atoms with Gasteiger partial charge in [-0.1, -0.05) is 0 Å². The van der Waals surface area contributed by atoms with Gasteiger partial charge >= 0.3 is 0 Å². The molecule has 1 aromatic carbocycles. The normalized spacial score (nSPS) is 14.7. The van der Waals surface area contributed by atoms with Gasteiger partial charge in [-0.3, -0.25) is 4.79 Å². The van der Waals surface area contributed by atoms with E-state index in [1.54, 1.807) is 13.3 Å². The van der Waals surface area contributed by atoms with E-state index in [0.717, 1.165) is 31.8 Å². The number of anilines is 1. The molecule has 19 heavy (non-hydrogen) atoms. The van der Waals surface area contributed by atoms with Gasteiger partial charge in [0.25, 0.3) is 0 Å². The minimum Gasteiger partial charge on any atom is -0.464 e. The minimum absolute atomic E-state index is 0.625. The van der Waals surface area contributed by atoms with Crippen LogP contribution in [0.15, 0.2) is 34.9 Å². The number of hydrogen-bond acceptors (Lipinski definition) is 4. The zero-order valence-corrected chi connectivity index (χ0v) is 11.1. The molecule has 0 saturated carbocycles. The number of nitrogens with one attached hydrogen (secondary N) is 2. The Morgan fingerprint density at radius 3 is 2.74 bits per heavy atom. The van der Waals surface area contributed by atoms with Crippen LogP contribution in [0.5, 0.6) is 0 Å². The lowest BCUT2D eigenvalue weighted by Gasteiger charge is -2.29. The lowest BCUT2D eigenvalue weighted by atomic mass is 10.2. The molecule has 3 rings (SSSR count). The van der Waals surface area contributed by atoms with Gasteiger partial charge in [0.1, 0.15) is 5.58 Å². The Kier molecular flexibility index (Phi) is 4.80. The Hall–Kier alpha value is -2.01. The predicted octanol–water partition coefficient (Wildman–Crippen LogP) is 1.20. The Morgan fingerprint density at radius 1 is 1.32 bits per heavy atom. The van der Waals surface area contributed by atoms with Gasteiger partial charge in [0.05, 0.1) is 6.26 Å². The number of benzene rings is 1. The van der Waals surface area contributed by atoms with Gasteiger partial charge in [0, 0.05) is 44.3 Å². The summed E-state index contributed by atoms with van der Waals surface area (Å²) in [5.74, 6) is 0. The summed E-state index contributed by atoms with van der Waals surface area (Å²) in [7, 11) is 1.56. The molecule has 2 aromatic rings. The number of furan rings is 1. The SMILES string of the molecule is CNC=O.c1cc2cc(N3CCNCC3)ccc2o1. The van der Waals surface area contributed by atoms with Crippen LogP contribution in [0.2, 0.25) is 0 Å². The summed E-state index contributed by atoms with van der Waals surface area (Å²) in [5.41, 5.74) is 2.26. The number of rotatable bonds is 2.